The van der Waals surface area contributed by atoms with Crippen LogP contribution in [0.4, 0.5) is 0 Å². The largest absolute Gasteiger partial charge is 0.387 e. The number of aliphatic hydroxyl groups excluding tert-OH is 1. The van der Waals surface area contributed by atoms with Gasteiger partial charge in [0.2, 0.25) is 0 Å². The van der Waals surface area contributed by atoms with E-state index in [1.54, 1.807) is 0 Å². The maximum absolute atomic E-state index is 8.89. The van der Waals surface area contributed by atoms with Crippen LogP contribution in [0, 0.1) is 12.3 Å². The molecule has 46 valence electrons. The quantitative estimate of drug-likeness (QED) is 0.461. The maximum atomic E-state index is 8.89. The minimum Gasteiger partial charge on any atom is -0.387 e. The zero-order valence-corrected chi connectivity index (χ0v) is 5.05. The molecule has 0 rings (SSSR count). The Morgan fingerprint density at radius 3 is 2.00 bits per heavy atom. The lowest BCUT2D eigenvalue weighted by atomic mass is 10.0. The Bertz CT molecular complexity index is 105. The predicted octanol–water partition coefficient (Wildman–Crippen LogP) is -0.249. The number of aliphatic hydroxyl groups is 2. The summed E-state index contributed by atoms with van der Waals surface area (Å²) in [6, 6.07) is 0. The Labute approximate surface area is 49.2 Å². The molecule has 0 saturated heterocycles. The second kappa shape index (κ2) is 2.17. The van der Waals surface area contributed by atoms with Crippen molar-refractivity contribution in [2.75, 3.05) is 0 Å². The van der Waals surface area contributed by atoms with Crippen LogP contribution in [0.3, 0.4) is 0 Å². The van der Waals surface area contributed by atoms with Gasteiger partial charge in [-0.3, -0.25) is 0 Å². The molecule has 0 saturated carbocycles. The first-order chi connectivity index (χ1) is 3.48. The predicted molar refractivity (Wildman–Crippen MR) is 31.1 cm³/mol. The van der Waals surface area contributed by atoms with Crippen molar-refractivity contribution in [3.63, 3.8) is 0 Å². The van der Waals surface area contributed by atoms with E-state index >= 15 is 0 Å². The van der Waals surface area contributed by atoms with Crippen LogP contribution >= 0.6 is 0 Å². The molecule has 0 amide bonds. The van der Waals surface area contributed by atoms with E-state index in [2.05, 4.69) is 0 Å². The molecule has 1 unspecified atom stereocenters. The molecule has 0 aliphatic heterocycles. The summed E-state index contributed by atoms with van der Waals surface area (Å²) in [6.45, 7) is 2.91. The lowest BCUT2D eigenvalue weighted by Gasteiger charge is -2.18. The van der Waals surface area contributed by atoms with E-state index in [1.165, 1.54) is 13.8 Å². The van der Waals surface area contributed by atoms with Crippen molar-refractivity contribution in [3.8, 4) is 12.3 Å². The number of terminal acetylenes is 1. The molecular weight excluding hydrogens is 104 g/mol. The summed E-state index contributed by atoms with van der Waals surface area (Å²) in [4.78, 5) is 0. The molecule has 0 aromatic rings. The van der Waals surface area contributed by atoms with Crippen LogP contribution in [0.15, 0.2) is 0 Å². The van der Waals surface area contributed by atoms with Gasteiger partial charge >= 0.3 is 0 Å². The third-order valence-electron chi connectivity index (χ3n) is 0.827. The standard InChI is InChI=1S/C6H10O2/c1-4-5(7)6(2,3)8/h1,5,7-8H,2-3H3. The number of hydrogen-bond donors (Lipinski definition) is 2. The Morgan fingerprint density at radius 1 is 1.62 bits per heavy atom. The van der Waals surface area contributed by atoms with Crippen LogP contribution < -0.4 is 0 Å². The van der Waals surface area contributed by atoms with Gasteiger partial charge in [-0.05, 0) is 13.8 Å². The van der Waals surface area contributed by atoms with E-state index in [0.717, 1.165) is 0 Å². The normalized spacial score (nSPS) is 14.9. The van der Waals surface area contributed by atoms with Crippen molar-refractivity contribution < 1.29 is 10.2 Å². The highest BCUT2D eigenvalue weighted by atomic mass is 16.3. The lowest BCUT2D eigenvalue weighted by Crippen LogP contribution is -2.34. The highest BCUT2D eigenvalue weighted by Crippen LogP contribution is 2.05. The van der Waals surface area contributed by atoms with Crippen LogP contribution in [-0.2, 0) is 0 Å². The molecule has 0 heterocycles. The Kier molecular flexibility index (Phi) is 2.02. The summed E-state index contributed by atoms with van der Waals surface area (Å²) in [7, 11) is 0. The molecule has 0 aromatic carbocycles. The van der Waals surface area contributed by atoms with Gasteiger partial charge in [0.25, 0.3) is 0 Å². The minimum atomic E-state index is -1.17. The maximum Gasteiger partial charge on any atom is 0.142 e. The van der Waals surface area contributed by atoms with E-state index in [4.69, 9.17) is 16.6 Å². The Morgan fingerprint density at radius 2 is 2.00 bits per heavy atom. The van der Waals surface area contributed by atoms with E-state index in [-0.39, 0.29) is 0 Å². The molecular formula is C6H10O2. The van der Waals surface area contributed by atoms with Gasteiger partial charge in [0.15, 0.2) is 0 Å². The summed E-state index contributed by atoms with van der Waals surface area (Å²) in [5.41, 5.74) is -1.17. The molecule has 0 bridgehead atoms. The smallest absolute Gasteiger partial charge is 0.142 e. The van der Waals surface area contributed by atoms with Gasteiger partial charge in [-0.15, -0.1) is 6.42 Å². The minimum absolute atomic E-state index is 1.07. The first kappa shape index (κ1) is 7.48. The molecule has 2 N–H and O–H groups in total. The van der Waals surface area contributed by atoms with Crippen molar-refractivity contribution in [2.24, 2.45) is 0 Å². The zero-order chi connectivity index (χ0) is 6.78. The monoisotopic (exact) mass is 114 g/mol. The van der Waals surface area contributed by atoms with Crippen molar-refractivity contribution >= 4 is 0 Å². The summed E-state index contributed by atoms with van der Waals surface area (Å²) in [5, 5.41) is 17.6. The fourth-order valence-corrected chi connectivity index (χ4v) is 0.204. The highest BCUT2D eigenvalue weighted by Gasteiger charge is 2.21. The molecule has 0 aliphatic rings. The summed E-state index contributed by atoms with van der Waals surface area (Å²) < 4.78 is 0. The summed E-state index contributed by atoms with van der Waals surface area (Å²) in [6.07, 6.45) is 3.73. The summed E-state index contributed by atoms with van der Waals surface area (Å²) in [5.74, 6) is 2.01. The average Bonchev–Trinajstić information content (AvgIpc) is 1.62. The van der Waals surface area contributed by atoms with Crippen molar-refractivity contribution in [2.45, 2.75) is 25.6 Å². The molecule has 0 spiro atoms. The fourth-order valence-electron chi connectivity index (χ4n) is 0.204. The Hall–Kier alpha value is -0.520. The molecule has 0 radical (unpaired) electrons. The molecule has 2 nitrogen and oxygen atoms in total. The van der Waals surface area contributed by atoms with Crippen LogP contribution in [0.2, 0.25) is 0 Å². The SMILES string of the molecule is C#CC(O)C(C)(C)O. The first-order valence-electron chi connectivity index (χ1n) is 2.35. The van der Waals surface area contributed by atoms with Crippen LogP contribution in [0.25, 0.3) is 0 Å². The Balaban J connectivity index is 3.87. The topological polar surface area (TPSA) is 40.5 Å². The second-order valence-electron chi connectivity index (χ2n) is 2.22. The van der Waals surface area contributed by atoms with E-state index in [9.17, 15) is 0 Å². The van der Waals surface area contributed by atoms with Gasteiger partial charge in [0.05, 0.1) is 5.60 Å². The molecule has 8 heavy (non-hydrogen) atoms. The molecule has 2 heteroatoms. The van der Waals surface area contributed by atoms with Gasteiger partial charge in [-0.25, -0.2) is 0 Å². The van der Waals surface area contributed by atoms with Gasteiger partial charge in [-0.2, -0.15) is 0 Å². The van der Waals surface area contributed by atoms with Gasteiger partial charge in [0.1, 0.15) is 6.10 Å². The van der Waals surface area contributed by atoms with Crippen LogP contribution in [0.5, 0.6) is 0 Å². The molecule has 0 aromatic heterocycles. The number of rotatable bonds is 1. The average molecular weight is 114 g/mol. The second-order valence-corrected chi connectivity index (χ2v) is 2.22. The third kappa shape index (κ3) is 1.97. The van der Waals surface area contributed by atoms with Crippen molar-refractivity contribution in [1.29, 1.82) is 0 Å². The molecule has 1 atom stereocenters. The summed E-state index contributed by atoms with van der Waals surface area (Å²) >= 11 is 0. The van der Waals surface area contributed by atoms with Gasteiger partial charge in [0, 0.05) is 0 Å². The van der Waals surface area contributed by atoms with E-state index in [0.29, 0.717) is 0 Å². The van der Waals surface area contributed by atoms with Gasteiger partial charge in [-0.1, -0.05) is 5.92 Å². The van der Waals surface area contributed by atoms with Crippen LogP contribution in [0.1, 0.15) is 13.8 Å². The van der Waals surface area contributed by atoms with E-state index in [1.807, 2.05) is 5.92 Å². The van der Waals surface area contributed by atoms with Gasteiger partial charge < -0.3 is 10.2 Å². The van der Waals surface area contributed by atoms with E-state index < -0.39 is 11.7 Å². The number of hydrogen-bond acceptors (Lipinski definition) is 2. The molecule has 0 fully saturated rings. The lowest BCUT2D eigenvalue weighted by molar-refractivity contribution is -0.0176. The highest BCUT2D eigenvalue weighted by molar-refractivity contribution is 5.01. The first-order valence-corrected chi connectivity index (χ1v) is 2.35. The third-order valence-corrected chi connectivity index (χ3v) is 0.827. The van der Waals surface area contributed by atoms with Crippen molar-refractivity contribution in [1.82, 2.24) is 0 Å². The zero-order valence-electron chi connectivity index (χ0n) is 5.05. The van der Waals surface area contributed by atoms with Crippen LogP contribution in [-0.4, -0.2) is 21.9 Å². The fraction of sp³-hybridized carbons (Fsp3) is 0.667. The molecule has 0 aliphatic carbocycles. The van der Waals surface area contributed by atoms with Crippen molar-refractivity contribution in [3.05, 3.63) is 0 Å².